The van der Waals surface area contributed by atoms with Crippen LogP contribution in [0.15, 0.2) is 121 Å². The number of para-hydroxylation sites is 1. The van der Waals surface area contributed by atoms with Crippen molar-refractivity contribution in [1.29, 1.82) is 0 Å². The van der Waals surface area contributed by atoms with Gasteiger partial charge in [0.05, 0.1) is 16.9 Å². The largest absolute Gasteiger partial charge is 0.494 e. The van der Waals surface area contributed by atoms with E-state index in [1.807, 2.05) is 0 Å². The fourth-order valence-corrected chi connectivity index (χ4v) is 5.79. The molecule has 0 aromatic heterocycles. The van der Waals surface area contributed by atoms with Gasteiger partial charge in [0.2, 0.25) is 0 Å². The van der Waals surface area contributed by atoms with Gasteiger partial charge in [0, 0.05) is 16.8 Å². The van der Waals surface area contributed by atoms with Crippen LogP contribution in [0.5, 0.6) is 0 Å². The summed E-state index contributed by atoms with van der Waals surface area (Å²) in [7, 11) is -0.392. The standard InChI is InChI=1S/C36H32BNO2/c1-35(2)36(3,4)40-37(39-35)26-19-21-28(22-20-26)38(27-13-6-5-7-14-27)34-24-33-29-15-9-8-12-25(29)18-23-31(33)30-16-10-11-17-32(30)34/h5-24H,1-4H3. The van der Waals surface area contributed by atoms with E-state index < -0.39 is 7.12 Å². The van der Waals surface area contributed by atoms with Crippen LogP contribution in [0.25, 0.3) is 32.3 Å². The molecule has 0 bridgehead atoms. The molecule has 0 amide bonds. The molecule has 1 aliphatic heterocycles. The lowest BCUT2D eigenvalue weighted by atomic mass is 9.79. The SMILES string of the molecule is CC1(C)OB(c2ccc(N(c3ccccc3)c3cc4c5ccccc5ccc4c4ccccc34)cc2)OC1(C)C. The van der Waals surface area contributed by atoms with Gasteiger partial charge in [-0.15, -0.1) is 0 Å². The highest BCUT2D eigenvalue weighted by Gasteiger charge is 2.51. The van der Waals surface area contributed by atoms with E-state index in [1.54, 1.807) is 0 Å². The third kappa shape index (κ3) is 3.99. The number of rotatable bonds is 4. The first kappa shape index (κ1) is 24.9. The Labute approximate surface area is 236 Å². The van der Waals surface area contributed by atoms with Crippen LogP contribution in [0.1, 0.15) is 27.7 Å². The van der Waals surface area contributed by atoms with Crippen LogP contribution in [-0.4, -0.2) is 18.3 Å². The third-order valence-electron chi connectivity index (χ3n) is 8.68. The lowest BCUT2D eigenvalue weighted by Gasteiger charge is -2.32. The zero-order chi connectivity index (χ0) is 27.5. The normalized spacial score (nSPS) is 16.1. The van der Waals surface area contributed by atoms with Crippen molar-refractivity contribution in [3.63, 3.8) is 0 Å². The summed E-state index contributed by atoms with van der Waals surface area (Å²) in [5.74, 6) is 0. The van der Waals surface area contributed by atoms with Crippen molar-refractivity contribution in [2.24, 2.45) is 0 Å². The summed E-state index contributed by atoms with van der Waals surface area (Å²) in [6, 6.07) is 43.4. The Bertz CT molecular complexity index is 1850. The first-order valence-electron chi connectivity index (χ1n) is 14.0. The Morgan fingerprint density at radius 3 is 1.75 bits per heavy atom. The zero-order valence-corrected chi connectivity index (χ0v) is 23.4. The van der Waals surface area contributed by atoms with Crippen molar-refractivity contribution in [1.82, 2.24) is 0 Å². The summed E-state index contributed by atoms with van der Waals surface area (Å²) in [6.45, 7) is 8.36. The average Bonchev–Trinajstić information content (AvgIpc) is 3.20. The smallest absolute Gasteiger partial charge is 0.399 e. The molecule has 0 atom stereocenters. The van der Waals surface area contributed by atoms with Gasteiger partial charge < -0.3 is 14.2 Å². The topological polar surface area (TPSA) is 21.7 Å². The number of hydrogen-bond acceptors (Lipinski definition) is 3. The Morgan fingerprint density at radius 2 is 1.05 bits per heavy atom. The maximum atomic E-state index is 6.33. The molecule has 0 radical (unpaired) electrons. The second kappa shape index (κ2) is 9.23. The number of hydrogen-bond donors (Lipinski definition) is 0. The van der Waals surface area contributed by atoms with Crippen molar-refractivity contribution in [3.05, 3.63) is 121 Å². The van der Waals surface area contributed by atoms with Gasteiger partial charge in [-0.3, -0.25) is 0 Å². The number of benzene rings is 6. The molecule has 0 spiro atoms. The second-order valence-electron chi connectivity index (χ2n) is 11.7. The molecule has 196 valence electrons. The quantitative estimate of drug-likeness (QED) is 0.171. The molecule has 40 heavy (non-hydrogen) atoms. The summed E-state index contributed by atoms with van der Waals surface area (Å²) >= 11 is 0. The van der Waals surface area contributed by atoms with E-state index in [0.717, 1.165) is 22.5 Å². The summed E-state index contributed by atoms with van der Waals surface area (Å²) < 4.78 is 12.7. The van der Waals surface area contributed by atoms with E-state index in [1.165, 1.54) is 32.3 Å². The van der Waals surface area contributed by atoms with Gasteiger partial charge in [-0.1, -0.05) is 91.0 Å². The minimum absolute atomic E-state index is 0.376. The second-order valence-corrected chi connectivity index (χ2v) is 11.7. The molecular formula is C36H32BNO2. The monoisotopic (exact) mass is 521 g/mol. The molecule has 0 N–H and O–H groups in total. The van der Waals surface area contributed by atoms with E-state index in [0.29, 0.717) is 0 Å². The summed E-state index contributed by atoms with van der Waals surface area (Å²) in [4.78, 5) is 2.36. The molecule has 3 nitrogen and oxygen atoms in total. The fraction of sp³-hybridized carbons (Fsp3) is 0.167. The van der Waals surface area contributed by atoms with Crippen molar-refractivity contribution >= 4 is 62.0 Å². The Balaban J connectivity index is 1.42. The van der Waals surface area contributed by atoms with Crippen LogP contribution in [0.3, 0.4) is 0 Å². The molecule has 1 saturated heterocycles. The highest BCUT2D eigenvalue weighted by molar-refractivity contribution is 6.62. The molecule has 0 unspecified atom stereocenters. The van der Waals surface area contributed by atoms with Crippen molar-refractivity contribution in [2.45, 2.75) is 38.9 Å². The molecule has 1 fully saturated rings. The van der Waals surface area contributed by atoms with E-state index in [2.05, 4.69) is 154 Å². The average molecular weight is 521 g/mol. The van der Waals surface area contributed by atoms with E-state index in [-0.39, 0.29) is 11.2 Å². The highest BCUT2D eigenvalue weighted by Crippen LogP contribution is 2.43. The Morgan fingerprint density at radius 1 is 0.500 bits per heavy atom. The predicted molar refractivity (Wildman–Crippen MR) is 169 cm³/mol. The third-order valence-corrected chi connectivity index (χ3v) is 8.68. The summed E-state index contributed by atoms with van der Waals surface area (Å²) in [5.41, 5.74) is 3.60. The van der Waals surface area contributed by atoms with Gasteiger partial charge in [0.25, 0.3) is 0 Å². The Kier molecular flexibility index (Phi) is 5.74. The molecule has 4 heteroatoms. The number of anilines is 3. The van der Waals surface area contributed by atoms with Crippen molar-refractivity contribution < 1.29 is 9.31 Å². The van der Waals surface area contributed by atoms with Gasteiger partial charge in [0.1, 0.15) is 0 Å². The van der Waals surface area contributed by atoms with Crippen LogP contribution in [0, 0.1) is 0 Å². The van der Waals surface area contributed by atoms with Crippen molar-refractivity contribution in [3.8, 4) is 0 Å². The van der Waals surface area contributed by atoms with Gasteiger partial charge in [-0.2, -0.15) is 0 Å². The number of fused-ring (bicyclic) bond motifs is 5. The molecule has 7 rings (SSSR count). The molecule has 1 heterocycles. The summed E-state index contributed by atoms with van der Waals surface area (Å²) in [6.07, 6.45) is 0. The highest BCUT2D eigenvalue weighted by atomic mass is 16.7. The molecule has 0 aliphatic carbocycles. The predicted octanol–water partition coefficient (Wildman–Crippen LogP) is 8.92. The van der Waals surface area contributed by atoms with Gasteiger partial charge in [-0.05, 0) is 90.4 Å². The first-order chi connectivity index (χ1) is 19.3. The molecule has 0 saturated carbocycles. The lowest BCUT2D eigenvalue weighted by Crippen LogP contribution is -2.41. The van der Waals surface area contributed by atoms with Crippen LogP contribution >= 0.6 is 0 Å². The molecular weight excluding hydrogens is 489 g/mol. The van der Waals surface area contributed by atoms with E-state index in [4.69, 9.17) is 9.31 Å². The Hall–Kier alpha value is -4.12. The number of nitrogens with zero attached hydrogens (tertiary/aromatic N) is 1. The summed E-state index contributed by atoms with van der Waals surface area (Å²) in [5, 5.41) is 7.48. The van der Waals surface area contributed by atoms with E-state index in [9.17, 15) is 0 Å². The molecule has 6 aromatic rings. The maximum absolute atomic E-state index is 6.33. The molecule has 6 aromatic carbocycles. The van der Waals surface area contributed by atoms with Crippen LogP contribution in [0.2, 0.25) is 0 Å². The van der Waals surface area contributed by atoms with E-state index >= 15 is 0 Å². The van der Waals surface area contributed by atoms with Crippen LogP contribution < -0.4 is 10.4 Å². The fourth-order valence-electron chi connectivity index (χ4n) is 5.79. The lowest BCUT2D eigenvalue weighted by molar-refractivity contribution is 0.00578. The minimum atomic E-state index is -0.392. The van der Waals surface area contributed by atoms with Crippen LogP contribution in [-0.2, 0) is 9.31 Å². The van der Waals surface area contributed by atoms with Gasteiger partial charge in [-0.25, -0.2) is 0 Å². The van der Waals surface area contributed by atoms with Gasteiger partial charge >= 0.3 is 7.12 Å². The first-order valence-corrected chi connectivity index (χ1v) is 14.0. The van der Waals surface area contributed by atoms with Crippen molar-refractivity contribution in [2.75, 3.05) is 4.90 Å². The van der Waals surface area contributed by atoms with Gasteiger partial charge in [0.15, 0.2) is 0 Å². The molecule has 1 aliphatic rings. The van der Waals surface area contributed by atoms with Crippen LogP contribution in [0.4, 0.5) is 17.1 Å². The maximum Gasteiger partial charge on any atom is 0.494 e. The minimum Gasteiger partial charge on any atom is -0.399 e. The zero-order valence-electron chi connectivity index (χ0n) is 23.4.